The van der Waals surface area contributed by atoms with Crippen LogP contribution < -0.4 is 21.3 Å². The molecule has 0 spiro atoms. The van der Waals surface area contributed by atoms with Gasteiger partial charge in [0.2, 0.25) is 11.8 Å². The Labute approximate surface area is 318 Å². The Balaban J connectivity index is 0.822. The maximum absolute atomic E-state index is 12.7. The lowest BCUT2D eigenvalue weighted by Crippen LogP contribution is -2.49. The zero-order chi connectivity index (χ0) is 37.8. The van der Waals surface area contributed by atoms with E-state index >= 15 is 0 Å². The number of aromatic nitrogens is 3. The Bertz CT molecular complexity index is 2160. The van der Waals surface area contributed by atoms with Crippen molar-refractivity contribution in [2.75, 3.05) is 43.4 Å². The van der Waals surface area contributed by atoms with Crippen LogP contribution in [0.1, 0.15) is 96.1 Å². The summed E-state index contributed by atoms with van der Waals surface area (Å²) in [4.78, 5) is 66.9. The molecule has 4 aliphatic heterocycles. The summed E-state index contributed by atoms with van der Waals surface area (Å²) in [6, 6.07) is 13.2. The number of carbonyl (C=O) groups excluding carboxylic acids is 4. The third kappa shape index (κ3) is 6.74. The molecule has 1 aliphatic carbocycles. The molecule has 5 aliphatic rings. The van der Waals surface area contributed by atoms with E-state index in [9.17, 15) is 19.2 Å². The Kier molecular flexibility index (Phi) is 9.11. The van der Waals surface area contributed by atoms with Crippen molar-refractivity contribution >= 4 is 52.0 Å². The van der Waals surface area contributed by atoms with E-state index in [2.05, 4.69) is 54.8 Å². The molecule has 1 saturated carbocycles. The number of anilines is 3. The van der Waals surface area contributed by atoms with E-state index in [4.69, 9.17) is 15.2 Å². The van der Waals surface area contributed by atoms with Gasteiger partial charge in [0.1, 0.15) is 11.5 Å². The van der Waals surface area contributed by atoms with Crippen LogP contribution >= 0.6 is 0 Å². The Morgan fingerprint density at radius 1 is 0.945 bits per heavy atom. The number of benzene rings is 2. The van der Waals surface area contributed by atoms with Gasteiger partial charge in [-0.25, -0.2) is 14.8 Å². The number of hydrogen-bond acceptors (Lipinski definition) is 11. The monoisotopic (exact) mass is 746 g/mol. The van der Waals surface area contributed by atoms with Gasteiger partial charge in [0.25, 0.3) is 5.91 Å². The molecule has 2 atom stereocenters. The summed E-state index contributed by atoms with van der Waals surface area (Å²) in [7, 11) is 1.84. The summed E-state index contributed by atoms with van der Waals surface area (Å²) >= 11 is 0. The molecule has 2 aromatic heterocycles. The number of imide groups is 1. The fourth-order valence-corrected chi connectivity index (χ4v) is 9.32. The first-order valence-electron chi connectivity index (χ1n) is 19.5. The van der Waals surface area contributed by atoms with Crippen molar-refractivity contribution < 1.29 is 23.7 Å². The second-order valence-electron chi connectivity index (χ2n) is 15.8. The van der Waals surface area contributed by atoms with Crippen LogP contribution in [0.2, 0.25) is 0 Å². The SMILES string of the molecule is CN1CCN([C@@H]2CCCN(c3cnc(C(N)=O)c(Nc4ccc(C5CCC(N6Cc7cc8onc(C9CCC(=O)NC9=O)c8cc7C6)CC5)cc4)n3)C2)C1=O. The lowest BCUT2D eigenvalue weighted by molar-refractivity contribution is -0.134. The second-order valence-corrected chi connectivity index (χ2v) is 15.8. The normalized spacial score (nSPS) is 24.7. The minimum Gasteiger partial charge on any atom is -0.364 e. The van der Waals surface area contributed by atoms with Crippen LogP contribution in [0.3, 0.4) is 0 Å². The number of carbonyl (C=O) groups is 4. The van der Waals surface area contributed by atoms with E-state index in [-0.39, 0.29) is 29.6 Å². The van der Waals surface area contributed by atoms with Gasteiger partial charge in [0.15, 0.2) is 17.1 Å². The first kappa shape index (κ1) is 35.2. The van der Waals surface area contributed by atoms with Gasteiger partial charge in [-0.15, -0.1) is 0 Å². The van der Waals surface area contributed by atoms with Crippen LogP contribution in [0.25, 0.3) is 11.0 Å². The highest BCUT2D eigenvalue weighted by Gasteiger charge is 2.36. The van der Waals surface area contributed by atoms with Crippen molar-refractivity contribution in [1.82, 2.24) is 35.1 Å². The van der Waals surface area contributed by atoms with Crippen molar-refractivity contribution in [3.63, 3.8) is 0 Å². The molecule has 4 N–H and O–H groups in total. The number of likely N-dealkylation sites (N-methyl/N-ethyl adjacent to an activating group) is 1. The average molecular weight is 747 g/mol. The number of amides is 5. The molecule has 9 rings (SSSR count). The predicted molar refractivity (Wildman–Crippen MR) is 204 cm³/mol. The fraction of sp³-hybridized carbons (Fsp3) is 0.475. The van der Waals surface area contributed by atoms with E-state index in [0.717, 1.165) is 82.3 Å². The highest BCUT2D eigenvalue weighted by atomic mass is 16.5. The van der Waals surface area contributed by atoms with Gasteiger partial charge in [0.05, 0.1) is 18.2 Å². The summed E-state index contributed by atoms with van der Waals surface area (Å²) in [5, 5.41) is 10.9. The van der Waals surface area contributed by atoms with Crippen molar-refractivity contribution in [1.29, 1.82) is 0 Å². The number of nitrogens with two attached hydrogens (primary N) is 1. The average Bonchev–Trinajstić information content (AvgIpc) is 3.90. The molecule has 286 valence electrons. The molecule has 55 heavy (non-hydrogen) atoms. The fourth-order valence-electron chi connectivity index (χ4n) is 9.32. The summed E-state index contributed by atoms with van der Waals surface area (Å²) in [5.41, 5.74) is 11.7. The smallest absolute Gasteiger partial charge is 0.320 e. The van der Waals surface area contributed by atoms with Gasteiger partial charge in [-0.05, 0) is 91.8 Å². The quantitative estimate of drug-likeness (QED) is 0.218. The van der Waals surface area contributed by atoms with Gasteiger partial charge in [-0.2, -0.15) is 0 Å². The third-order valence-electron chi connectivity index (χ3n) is 12.4. The van der Waals surface area contributed by atoms with Crippen molar-refractivity contribution in [2.45, 2.75) is 88.4 Å². The maximum atomic E-state index is 12.7. The zero-order valence-electron chi connectivity index (χ0n) is 31.0. The molecular formula is C40H46N10O5. The molecule has 6 heterocycles. The van der Waals surface area contributed by atoms with E-state index < -0.39 is 11.8 Å². The number of hydrogen-bond donors (Lipinski definition) is 3. The number of nitrogens with zero attached hydrogens (tertiary/aromatic N) is 7. The molecule has 5 amide bonds. The third-order valence-corrected chi connectivity index (χ3v) is 12.4. The number of nitrogens with one attached hydrogen (secondary N) is 2. The first-order chi connectivity index (χ1) is 26.7. The highest BCUT2D eigenvalue weighted by molar-refractivity contribution is 6.02. The largest absolute Gasteiger partial charge is 0.364 e. The standard InChI is InChI=1S/C40H46N10O5/c1-47-15-16-50(40(47)54)29-3-2-14-48(22-29)33-19-42-36(37(41)52)38(44-33)43-27-8-4-23(5-9-27)24-6-10-28(11-7-24)49-20-25-17-31-32(18-26(25)21-49)55-46-35(31)30-12-13-34(51)45-39(30)53/h4-5,8-9,17-19,24,28-30H,2-3,6-7,10-16,20-22H2,1H3,(H2,41,52)(H,43,44)(H,45,51,53)/t24?,28?,29-,30?/m1/s1. The molecular weight excluding hydrogens is 701 g/mol. The lowest BCUT2D eigenvalue weighted by atomic mass is 9.81. The van der Waals surface area contributed by atoms with Gasteiger partial charge >= 0.3 is 6.03 Å². The zero-order valence-corrected chi connectivity index (χ0v) is 31.0. The van der Waals surface area contributed by atoms with Crippen LogP contribution in [-0.4, -0.2) is 98.9 Å². The molecule has 0 radical (unpaired) electrons. The second kappa shape index (κ2) is 14.3. The number of urea groups is 1. The summed E-state index contributed by atoms with van der Waals surface area (Å²) < 4.78 is 5.68. The molecule has 4 fully saturated rings. The van der Waals surface area contributed by atoms with Gasteiger partial charge in [-0.1, -0.05) is 17.3 Å². The molecule has 2 aromatic carbocycles. The van der Waals surface area contributed by atoms with Crippen LogP contribution in [0, 0.1) is 0 Å². The van der Waals surface area contributed by atoms with Crippen molar-refractivity contribution in [3.8, 4) is 0 Å². The summed E-state index contributed by atoms with van der Waals surface area (Å²) in [5.74, 6) is -0.245. The van der Waals surface area contributed by atoms with E-state index in [0.29, 0.717) is 54.3 Å². The minimum atomic E-state index is -0.651. The Hall–Kier alpha value is -5.57. The number of piperidine rings is 2. The minimum absolute atomic E-state index is 0.0673. The maximum Gasteiger partial charge on any atom is 0.320 e. The predicted octanol–water partition coefficient (Wildman–Crippen LogP) is 4.36. The number of primary amides is 1. The summed E-state index contributed by atoms with van der Waals surface area (Å²) in [6.45, 7) is 4.62. The van der Waals surface area contributed by atoms with Gasteiger partial charge < -0.3 is 30.3 Å². The lowest BCUT2D eigenvalue weighted by Gasteiger charge is -2.37. The van der Waals surface area contributed by atoms with Gasteiger partial charge in [0, 0.05) is 69.9 Å². The highest BCUT2D eigenvalue weighted by Crippen LogP contribution is 2.40. The van der Waals surface area contributed by atoms with E-state index in [1.54, 1.807) is 11.1 Å². The Morgan fingerprint density at radius 3 is 2.45 bits per heavy atom. The molecule has 1 unspecified atom stereocenters. The van der Waals surface area contributed by atoms with E-state index in [1.165, 1.54) is 16.7 Å². The molecule has 0 bridgehead atoms. The topological polar surface area (TPSA) is 183 Å². The molecule has 4 aromatic rings. The van der Waals surface area contributed by atoms with Gasteiger partial charge in [-0.3, -0.25) is 24.6 Å². The first-order valence-corrected chi connectivity index (χ1v) is 19.5. The van der Waals surface area contributed by atoms with Crippen LogP contribution in [-0.2, 0) is 22.7 Å². The molecule has 15 nitrogen and oxygen atoms in total. The molecule has 15 heteroatoms. The van der Waals surface area contributed by atoms with Crippen LogP contribution in [0.5, 0.6) is 0 Å². The van der Waals surface area contributed by atoms with Crippen molar-refractivity contribution in [2.24, 2.45) is 5.73 Å². The van der Waals surface area contributed by atoms with E-state index in [1.807, 2.05) is 24.1 Å². The summed E-state index contributed by atoms with van der Waals surface area (Å²) in [6.07, 6.45) is 8.59. The van der Waals surface area contributed by atoms with Crippen LogP contribution in [0.4, 0.5) is 22.1 Å². The molecule has 3 saturated heterocycles. The van der Waals surface area contributed by atoms with Crippen molar-refractivity contribution in [3.05, 3.63) is 70.7 Å². The number of fused-ring (bicyclic) bond motifs is 2. The number of rotatable bonds is 8. The van der Waals surface area contributed by atoms with Crippen LogP contribution in [0.15, 0.2) is 47.1 Å². The Morgan fingerprint density at radius 2 is 1.73 bits per heavy atom.